The van der Waals surface area contributed by atoms with E-state index in [0.717, 1.165) is 0 Å². The van der Waals surface area contributed by atoms with Crippen LogP contribution in [-0.2, 0) is 0 Å². The van der Waals surface area contributed by atoms with Gasteiger partial charge in [0.2, 0.25) is 0 Å². The molecule has 0 unspecified atom stereocenters. The minimum absolute atomic E-state index is 0.228. The molecule has 0 aliphatic heterocycles. The molecule has 106 valence electrons. The summed E-state index contributed by atoms with van der Waals surface area (Å²) in [4.78, 5) is 1.86. The zero-order valence-electron chi connectivity index (χ0n) is 11.4. The van der Waals surface area contributed by atoms with Crippen LogP contribution in [0.25, 0.3) is 17.3 Å². The van der Waals surface area contributed by atoms with E-state index in [2.05, 4.69) is 10.5 Å². The van der Waals surface area contributed by atoms with Crippen molar-refractivity contribution in [2.75, 3.05) is 26.5 Å². The fourth-order valence-electron chi connectivity index (χ4n) is 1.77. The van der Waals surface area contributed by atoms with Crippen LogP contribution in [0.3, 0.4) is 0 Å². The first-order chi connectivity index (χ1) is 9.54. The lowest BCUT2D eigenvalue weighted by molar-refractivity contribution is 0.414. The van der Waals surface area contributed by atoms with E-state index in [0.29, 0.717) is 17.1 Å². The summed E-state index contributed by atoms with van der Waals surface area (Å²) >= 11 is 6.05. The lowest BCUT2D eigenvalue weighted by Crippen LogP contribution is -2.00. The maximum absolute atomic E-state index is 14.0. The molecule has 0 saturated heterocycles. The minimum atomic E-state index is -0.439. The average Bonchev–Trinajstić information content (AvgIpc) is 2.79. The first-order valence-electron chi connectivity index (χ1n) is 6.01. The van der Waals surface area contributed by atoms with Gasteiger partial charge in [0, 0.05) is 33.4 Å². The van der Waals surface area contributed by atoms with Crippen LogP contribution in [0.5, 0.6) is 0 Å². The van der Waals surface area contributed by atoms with Crippen molar-refractivity contribution in [2.45, 2.75) is 0 Å². The van der Waals surface area contributed by atoms with Crippen molar-refractivity contribution < 1.29 is 8.91 Å². The van der Waals surface area contributed by atoms with Gasteiger partial charge in [-0.25, -0.2) is 4.39 Å². The quantitative estimate of drug-likeness (QED) is 0.933. The first-order valence-corrected chi connectivity index (χ1v) is 6.38. The SMILES string of the molecule is CNc1c(-c2c(F)cccc2Cl)noc1/C=C/N(C)C. The van der Waals surface area contributed by atoms with Gasteiger partial charge in [-0.05, 0) is 12.1 Å². The van der Waals surface area contributed by atoms with Gasteiger partial charge in [-0.2, -0.15) is 0 Å². The van der Waals surface area contributed by atoms with Gasteiger partial charge in [-0.1, -0.05) is 22.8 Å². The molecule has 4 nitrogen and oxygen atoms in total. The molecule has 1 aromatic heterocycles. The predicted octanol–water partition coefficient (Wildman–Crippen LogP) is 3.71. The van der Waals surface area contributed by atoms with Gasteiger partial charge in [0.1, 0.15) is 17.2 Å². The molecule has 0 saturated carbocycles. The number of benzene rings is 1. The van der Waals surface area contributed by atoms with Crippen molar-refractivity contribution in [3.8, 4) is 11.3 Å². The number of hydrogen-bond donors (Lipinski definition) is 1. The van der Waals surface area contributed by atoms with Crippen LogP contribution in [0.2, 0.25) is 5.02 Å². The van der Waals surface area contributed by atoms with Gasteiger partial charge in [-0.15, -0.1) is 0 Å². The van der Waals surface area contributed by atoms with Crippen LogP contribution in [0.15, 0.2) is 28.9 Å². The Balaban J connectivity index is 2.53. The lowest BCUT2D eigenvalue weighted by atomic mass is 10.1. The molecule has 2 aromatic rings. The molecule has 1 aromatic carbocycles. The van der Waals surface area contributed by atoms with Gasteiger partial charge in [0.15, 0.2) is 5.76 Å². The predicted molar refractivity (Wildman–Crippen MR) is 79.2 cm³/mol. The fourth-order valence-corrected chi connectivity index (χ4v) is 2.02. The summed E-state index contributed by atoms with van der Waals surface area (Å²) in [6.45, 7) is 0. The molecule has 2 rings (SSSR count). The smallest absolute Gasteiger partial charge is 0.184 e. The molecule has 0 amide bonds. The molecular formula is C14H15ClFN3O. The fraction of sp³-hybridized carbons (Fsp3) is 0.214. The Bertz CT molecular complexity index is 617. The normalized spacial score (nSPS) is 11.1. The number of nitrogens with zero attached hydrogens (tertiary/aromatic N) is 2. The topological polar surface area (TPSA) is 41.3 Å². The molecule has 1 heterocycles. The molecule has 0 atom stereocenters. The summed E-state index contributed by atoms with van der Waals surface area (Å²) in [6.07, 6.45) is 3.56. The highest BCUT2D eigenvalue weighted by atomic mass is 35.5. The summed E-state index contributed by atoms with van der Waals surface area (Å²) in [5.74, 6) is 0.0703. The zero-order valence-corrected chi connectivity index (χ0v) is 12.2. The molecule has 0 spiro atoms. The molecule has 0 radical (unpaired) electrons. The highest BCUT2D eigenvalue weighted by molar-refractivity contribution is 6.33. The minimum Gasteiger partial charge on any atom is -0.383 e. The molecule has 0 aliphatic rings. The van der Waals surface area contributed by atoms with Crippen LogP contribution >= 0.6 is 11.6 Å². The van der Waals surface area contributed by atoms with E-state index in [1.54, 1.807) is 25.3 Å². The van der Waals surface area contributed by atoms with E-state index in [1.807, 2.05) is 25.2 Å². The number of aromatic nitrogens is 1. The van der Waals surface area contributed by atoms with Crippen molar-refractivity contribution in [2.24, 2.45) is 0 Å². The van der Waals surface area contributed by atoms with E-state index in [4.69, 9.17) is 16.1 Å². The van der Waals surface area contributed by atoms with E-state index in [9.17, 15) is 4.39 Å². The maximum Gasteiger partial charge on any atom is 0.184 e. The number of halogens is 2. The standard InChI is InChI=1S/C14H15ClFN3O/c1-17-13-11(7-8-19(2)3)20-18-14(13)12-9(15)5-4-6-10(12)16/h4-8,17H,1-3H3/b8-7+. The second-order valence-electron chi connectivity index (χ2n) is 4.40. The highest BCUT2D eigenvalue weighted by Crippen LogP contribution is 2.36. The molecule has 0 aliphatic carbocycles. The van der Waals surface area contributed by atoms with E-state index in [1.165, 1.54) is 6.07 Å². The van der Waals surface area contributed by atoms with Crippen LogP contribution in [0.4, 0.5) is 10.1 Å². The number of nitrogens with one attached hydrogen (secondary N) is 1. The third kappa shape index (κ3) is 2.77. The van der Waals surface area contributed by atoms with Crippen LogP contribution in [0, 0.1) is 5.82 Å². The van der Waals surface area contributed by atoms with Gasteiger partial charge < -0.3 is 14.7 Å². The van der Waals surface area contributed by atoms with Crippen LogP contribution in [0.1, 0.15) is 5.76 Å². The van der Waals surface area contributed by atoms with Crippen molar-refractivity contribution in [3.05, 3.63) is 41.0 Å². The van der Waals surface area contributed by atoms with E-state index in [-0.39, 0.29) is 10.6 Å². The first kappa shape index (κ1) is 14.4. The monoisotopic (exact) mass is 295 g/mol. The average molecular weight is 296 g/mol. The second-order valence-corrected chi connectivity index (χ2v) is 4.80. The molecular weight excluding hydrogens is 281 g/mol. The van der Waals surface area contributed by atoms with Gasteiger partial charge in [-0.3, -0.25) is 0 Å². The van der Waals surface area contributed by atoms with E-state index < -0.39 is 5.82 Å². The second kappa shape index (κ2) is 5.96. The molecule has 6 heteroatoms. The highest BCUT2D eigenvalue weighted by Gasteiger charge is 2.20. The number of anilines is 1. The van der Waals surface area contributed by atoms with Crippen molar-refractivity contribution >= 4 is 23.4 Å². The molecule has 0 bridgehead atoms. The summed E-state index contributed by atoms with van der Waals surface area (Å²) < 4.78 is 19.2. The third-order valence-electron chi connectivity index (χ3n) is 2.69. The largest absolute Gasteiger partial charge is 0.383 e. The van der Waals surface area contributed by atoms with Crippen molar-refractivity contribution in [3.63, 3.8) is 0 Å². The maximum atomic E-state index is 14.0. The Labute approximate surface area is 121 Å². The Kier molecular flexibility index (Phi) is 4.29. The Morgan fingerprint density at radius 2 is 2.15 bits per heavy atom. The molecule has 20 heavy (non-hydrogen) atoms. The molecule has 1 N–H and O–H groups in total. The number of hydrogen-bond acceptors (Lipinski definition) is 4. The summed E-state index contributed by atoms with van der Waals surface area (Å²) in [5, 5.41) is 7.18. The van der Waals surface area contributed by atoms with Crippen molar-refractivity contribution in [1.29, 1.82) is 0 Å². The third-order valence-corrected chi connectivity index (χ3v) is 3.01. The summed E-state index contributed by atoms with van der Waals surface area (Å²) in [6, 6.07) is 4.50. The Hall–Kier alpha value is -2.01. The van der Waals surface area contributed by atoms with Crippen molar-refractivity contribution in [1.82, 2.24) is 10.1 Å². The number of rotatable bonds is 4. The van der Waals surface area contributed by atoms with Gasteiger partial charge in [0.05, 0.1) is 10.6 Å². The zero-order chi connectivity index (χ0) is 14.7. The Morgan fingerprint density at radius 1 is 1.40 bits per heavy atom. The van der Waals surface area contributed by atoms with Crippen LogP contribution in [-0.4, -0.2) is 31.2 Å². The Morgan fingerprint density at radius 3 is 2.75 bits per heavy atom. The summed E-state index contributed by atoms with van der Waals surface area (Å²) in [5.41, 5.74) is 1.18. The van der Waals surface area contributed by atoms with Crippen LogP contribution < -0.4 is 5.32 Å². The van der Waals surface area contributed by atoms with Gasteiger partial charge in [0.25, 0.3) is 0 Å². The lowest BCUT2D eigenvalue weighted by Gasteiger charge is -2.05. The van der Waals surface area contributed by atoms with E-state index >= 15 is 0 Å². The van der Waals surface area contributed by atoms with Gasteiger partial charge >= 0.3 is 0 Å². The molecule has 0 fully saturated rings. The summed E-state index contributed by atoms with van der Waals surface area (Å²) in [7, 11) is 5.50.